The van der Waals surface area contributed by atoms with Gasteiger partial charge in [0.05, 0.1) is 5.75 Å². The van der Waals surface area contributed by atoms with Crippen LogP contribution >= 0.6 is 0 Å². The highest BCUT2D eigenvalue weighted by molar-refractivity contribution is 7.91. The molecule has 0 bridgehead atoms. The second kappa shape index (κ2) is 2.58. The first-order chi connectivity index (χ1) is 5.70. The van der Waals surface area contributed by atoms with Crippen LogP contribution in [0.3, 0.4) is 0 Å². The molecule has 65 valence electrons. The zero-order chi connectivity index (χ0) is 8.60. The first-order valence-electron chi connectivity index (χ1n) is 3.83. The quantitative estimate of drug-likeness (QED) is 0.636. The lowest BCUT2D eigenvalue weighted by Gasteiger charge is -2.08. The van der Waals surface area contributed by atoms with Crippen LogP contribution < -0.4 is 0 Å². The van der Waals surface area contributed by atoms with Crippen LogP contribution in [0.5, 0.6) is 0 Å². The third-order valence-corrected chi connectivity index (χ3v) is 4.20. The van der Waals surface area contributed by atoms with Crippen LogP contribution in [0.2, 0.25) is 0 Å². The van der Waals surface area contributed by atoms with Crippen LogP contribution in [0.4, 0.5) is 0 Å². The van der Waals surface area contributed by atoms with Gasteiger partial charge in [0.1, 0.15) is 6.20 Å². The number of hydrogen-bond acceptors (Lipinski definition) is 3. The Morgan fingerprint density at radius 3 is 2.92 bits per heavy atom. The summed E-state index contributed by atoms with van der Waals surface area (Å²) in [6.45, 7) is 0. The van der Waals surface area contributed by atoms with E-state index in [1.807, 2.05) is 0 Å². The SMILES string of the molecule is O=S1(=O)CCCC1n1cc[c]n1. The first kappa shape index (κ1) is 7.79. The minimum Gasteiger partial charge on any atom is -0.254 e. The topological polar surface area (TPSA) is 52.0 Å². The van der Waals surface area contributed by atoms with Crippen molar-refractivity contribution in [2.45, 2.75) is 18.2 Å². The van der Waals surface area contributed by atoms with Gasteiger partial charge in [-0.3, -0.25) is 4.68 Å². The molecule has 12 heavy (non-hydrogen) atoms. The number of sulfone groups is 1. The molecular formula is C7H9N2O2S. The lowest BCUT2D eigenvalue weighted by atomic mass is 10.3. The van der Waals surface area contributed by atoms with Crippen molar-refractivity contribution < 1.29 is 8.42 Å². The highest BCUT2D eigenvalue weighted by atomic mass is 32.2. The normalized spacial score (nSPS) is 27.5. The van der Waals surface area contributed by atoms with Gasteiger partial charge in [0.25, 0.3) is 0 Å². The van der Waals surface area contributed by atoms with Crippen molar-refractivity contribution >= 4 is 9.84 Å². The summed E-state index contributed by atoms with van der Waals surface area (Å²) in [6.07, 6.45) is 5.66. The predicted molar refractivity (Wildman–Crippen MR) is 43.1 cm³/mol. The monoisotopic (exact) mass is 185 g/mol. The molecule has 1 fully saturated rings. The molecule has 0 aromatic carbocycles. The highest BCUT2D eigenvalue weighted by Crippen LogP contribution is 2.28. The van der Waals surface area contributed by atoms with Gasteiger partial charge >= 0.3 is 0 Å². The van der Waals surface area contributed by atoms with Crippen molar-refractivity contribution in [2.24, 2.45) is 0 Å². The second-order valence-corrected chi connectivity index (χ2v) is 5.17. The molecular weight excluding hydrogens is 176 g/mol. The van der Waals surface area contributed by atoms with Gasteiger partial charge in [0.15, 0.2) is 15.2 Å². The molecule has 1 aliphatic rings. The van der Waals surface area contributed by atoms with E-state index in [1.165, 1.54) is 4.68 Å². The van der Waals surface area contributed by atoms with Crippen LogP contribution in [-0.2, 0) is 9.84 Å². The van der Waals surface area contributed by atoms with E-state index in [9.17, 15) is 8.42 Å². The molecule has 1 saturated heterocycles. The Bertz CT molecular complexity index is 355. The average molecular weight is 185 g/mol. The number of rotatable bonds is 1. The number of hydrogen-bond donors (Lipinski definition) is 0. The maximum Gasteiger partial charge on any atom is 0.173 e. The summed E-state index contributed by atoms with van der Waals surface area (Å²) >= 11 is 0. The summed E-state index contributed by atoms with van der Waals surface area (Å²) < 4.78 is 24.2. The zero-order valence-corrected chi connectivity index (χ0v) is 7.29. The minimum atomic E-state index is -2.93. The molecule has 1 aromatic heterocycles. The van der Waals surface area contributed by atoms with E-state index in [-0.39, 0.29) is 5.75 Å². The van der Waals surface area contributed by atoms with E-state index in [2.05, 4.69) is 11.3 Å². The molecule has 1 unspecified atom stereocenters. The lowest BCUT2D eigenvalue weighted by molar-refractivity contribution is 0.526. The van der Waals surface area contributed by atoms with Crippen molar-refractivity contribution in [1.82, 2.24) is 9.78 Å². The second-order valence-electron chi connectivity index (χ2n) is 2.89. The molecule has 5 heteroatoms. The van der Waals surface area contributed by atoms with Gasteiger partial charge in [-0.25, -0.2) is 8.42 Å². The molecule has 2 heterocycles. The maximum atomic E-state index is 11.4. The van der Waals surface area contributed by atoms with Crippen LogP contribution in [0, 0.1) is 6.20 Å². The number of nitrogens with zero attached hydrogens (tertiary/aromatic N) is 2. The molecule has 4 nitrogen and oxygen atoms in total. The summed E-state index contributed by atoms with van der Waals surface area (Å²) in [5.74, 6) is 0.289. The van der Waals surface area contributed by atoms with E-state index in [4.69, 9.17) is 0 Å². The first-order valence-corrected chi connectivity index (χ1v) is 5.54. The van der Waals surface area contributed by atoms with Gasteiger partial charge in [-0.05, 0) is 18.9 Å². The van der Waals surface area contributed by atoms with Crippen molar-refractivity contribution in [2.75, 3.05) is 5.75 Å². The van der Waals surface area contributed by atoms with Gasteiger partial charge in [-0.2, -0.15) is 5.10 Å². The highest BCUT2D eigenvalue weighted by Gasteiger charge is 2.32. The zero-order valence-electron chi connectivity index (χ0n) is 6.47. The maximum absolute atomic E-state index is 11.4. The fraction of sp³-hybridized carbons (Fsp3) is 0.571. The Hall–Kier alpha value is -0.840. The summed E-state index contributed by atoms with van der Waals surface area (Å²) in [4.78, 5) is 0. The smallest absolute Gasteiger partial charge is 0.173 e. The molecule has 2 rings (SSSR count). The molecule has 1 aromatic rings. The average Bonchev–Trinajstić information content (AvgIpc) is 2.55. The van der Waals surface area contributed by atoms with Gasteiger partial charge in [-0.15, -0.1) is 0 Å². The van der Waals surface area contributed by atoms with Crippen molar-refractivity contribution in [1.29, 1.82) is 0 Å². The molecule has 0 amide bonds. The van der Waals surface area contributed by atoms with E-state index >= 15 is 0 Å². The Kier molecular flexibility index (Phi) is 1.68. The van der Waals surface area contributed by atoms with Gasteiger partial charge in [0.2, 0.25) is 0 Å². The van der Waals surface area contributed by atoms with Crippen molar-refractivity contribution in [3.8, 4) is 0 Å². The Morgan fingerprint density at radius 2 is 2.42 bits per heavy atom. The van der Waals surface area contributed by atoms with Crippen molar-refractivity contribution in [3.05, 3.63) is 18.5 Å². The molecule has 1 aliphatic heterocycles. The summed E-state index contributed by atoms with van der Waals surface area (Å²) in [6, 6.07) is 1.62. The summed E-state index contributed by atoms with van der Waals surface area (Å²) in [5.41, 5.74) is 0. The van der Waals surface area contributed by atoms with E-state index < -0.39 is 15.2 Å². The summed E-state index contributed by atoms with van der Waals surface area (Å²) in [5, 5.41) is 3.37. The van der Waals surface area contributed by atoms with Gasteiger partial charge < -0.3 is 0 Å². The fourth-order valence-corrected chi connectivity index (χ4v) is 3.29. The molecule has 0 spiro atoms. The molecule has 0 N–H and O–H groups in total. The predicted octanol–water partition coefficient (Wildman–Crippen LogP) is 0.390. The third kappa shape index (κ3) is 1.14. The van der Waals surface area contributed by atoms with Crippen LogP contribution in [0.25, 0.3) is 0 Å². The van der Waals surface area contributed by atoms with Crippen LogP contribution in [0.15, 0.2) is 12.3 Å². The molecule has 0 saturated carbocycles. The van der Waals surface area contributed by atoms with Crippen molar-refractivity contribution in [3.63, 3.8) is 0 Å². The van der Waals surface area contributed by atoms with Gasteiger partial charge in [0, 0.05) is 6.20 Å². The Morgan fingerprint density at radius 1 is 1.58 bits per heavy atom. The van der Waals surface area contributed by atoms with Crippen LogP contribution in [-0.4, -0.2) is 24.0 Å². The molecule has 0 aliphatic carbocycles. The Balaban J connectivity index is 2.37. The molecule has 1 atom stereocenters. The third-order valence-electron chi connectivity index (χ3n) is 2.06. The molecule has 1 radical (unpaired) electrons. The minimum absolute atomic E-state index is 0.289. The van der Waals surface area contributed by atoms with E-state index in [1.54, 1.807) is 12.3 Å². The number of aromatic nitrogens is 2. The standard InChI is InChI=1S/C7H9N2O2S/c10-12(11)6-1-3-7(12)9-5-2-4-8-9/h2,5,7H,1,3,6H2. The van der Waals surface area contributed by atoms with Gasteiger partial charge in [-0.1, -0.05) is 0 Å². The van der Waals surface area contributed by atoms with E-state index in [0.29, 0.717) is 6.42 Å². The Labute approximate surface area is 71.1 Å². The van der Waals surface area contributed by atoms with E-state index in [0.717, 1.165) is 6.42 Å². The lowest BCUT2D eigenvalue weighted by Crippen LogP contribution is -2.15. The fourth-order valence-electron chi connectivity index (χ4n) is 1.47. The van der Waals surface area contributed by atoms with Crippen LogP contribution in [0.1, 0.15) is 18.2 Å². The summed E-state index contributed by atoms with van der Waals surface area (Å²) in [7, 11) is -2.93. The largest absolute Gasteiger partial charge is 0.254 e.